The van der Waals surface area contributed by atoms with Crippen LogP contribution in [0.15, 0.2) is 65.9 Å². The second-order valence-electron chi connectivity index (χ2n) is 6.96. The molecule has 30 heavy (non-hydrogen) atoms. The number of allylic oxidation sites excluding steroid dienone is 1. The topological polar surface area (TPSA) is 56.5 Å². The van der Waals surface area contributed by atoms with Crippen molar-refractivity contribution < 1.29 is 23.6 Å². The van der Waals surface area contributed by atoms with E-state index in [9.17, 15) is 14.3 Å². The third-order valence-electron chi connectivity index (χ3n) is 5.26. The third-order valence-corrected chi connectivity index (χ3v) is 6.52. The molecule has 0 amide bonds. The van der Waals surface area contributed by atoms with Gasteiger partial charge in [0.15, 0.2) is 6.04 Å². The Morgan fingerprint density at radius 2 is 1.87 bits per heavy atom. The molecule has 0 saturated heterocycles. The van der Waals surface area contributed by atoms with Crippen LogP contribution in [0.5, 0.6) is 5.88 Å². The summed E-state index contributed by atoms with van der Waals surface area (Å²) >= 11 is 1.33. The average molecular weight is 424 g/mol. The number of halogens is 1. The predicted molar refractivity (Wildman–Crippen MR) is 112 cm³/mol. The molecule has 0 fully saturated rings. The number of esters is 1. The van der Waals surface area contributed by atoms with Crippen LogP contribution in [0.1, 0.15) is 25.5 Å². The van der Waals surface area contributed by atoms with Crippen molar-refractivity contribution in [3.8, 4) is 16.3 Å². The van der Waals surface area contributed by atoms with Crippen molar-refractivity contribution in [1.82, 2.24) is 0 Å². The van der Waals surface area contributed by atoms with Crippen molar-refractivity contribution in [3.63, 3.8) is 0 Å². The summed E-state index contributed by atoms with van der Waals surface area (Å²) in [5, 5.41) is 14.2. The Kier molecular flexibility index (Phi) is 5.30. The zero-order valence-electron chi connectivity index (χ0n) is 16.9. The van der Waals surface area contributed by atoms with Crippen LogP contribution in [0.25, 0.3) is 10.4 Å². The lowest BCUT2D eigenvalue weighted by Crippen LogP contribution is -2.51. The molecule has 0 saturated carbocycles. The summed E-state index contributed by atoms with van der Waals surface area (Å²) < 4.78 is 21.7. The van der Waals surface area contributed by atoms with Crippen LogP contribution in [0.2, 0.25) is 0 Å². The van der Waals surface area contributed by atoms with Gasteiger partial charge in [0.05, 0.1) is 24.4 Å². The summed E-state index contributed by atoms with van der Waals surface area (Å²) in [6, 6.07) is 14.7. The molecule has 1 aliphatic heterocycles. The Morgan fingerprint density at radius 3 is 2.53 bits per heavy atom. The fraction of sp³-hybridized carbons (Fsp3) is 0.217. The van der Waals surface area contributed by atoms with E-state index in [4.69, 9.17) is 4.74 Å². The van der Waals surface area contributed by atoms with Gasteiger partial charge in [0.2, 0.25) is 0 Å². The molecule has 0 aliphatic carbocycles. The van der Waals surface area contributed by atoms with E-state index >= 15 is 0 Å². The van der Waals surface area contributed by atoms with E-state index in [1.807, 2.05) is 30.3 Å². The van der Waals surface area contributed by atoms with Crippen LogP contribution in [-0.4, -0.2) is 19.6 Å². The van der Waals surface area contributed by atoms with E-state index < -0.39 is 17.8 Å². The van der Waals surface area contributed by atoms with Gasteiger partial charge < -0.3 is 9.84 Å². The van der Waals surface area contributed by atoms with Crippen molar-refractivity contribution in [2.75, 3.05) is 18.6 Å². The molecule has 3 aromatic rings. The second kappa shape index (κ2) is 7.91. The van der Waals surface area contributed by atoms with E-state index in [-0.39, 0.29) is 23.6 Å². The molecule has 2 heterocycles. The van der Waals surface area contributed by atoms with Gasteiger partial charge in [0, 0.05) is 5.56 Å². The van der Waals surface area contributed by atoms with Gasteiger partial charge in [0.25, 0.3) is 0 Å². The standard InChI is InChI=1S/C23H21FN2O3S/c1-4-29-22(28)18-14(2)25(3)23-26(19(18)16-12-8-9-13-17(16)24)21(27)20(30-23)15-10-6-5-7-11-15/h5-13,19H,4H2,1-3H3. The molecule has 154 valence electrons. The summed E-state index contributed by atoms with van der Waals surface area (Å²) in [6.07, 6.45) is 0. The molecule has 1 atom stereocenters. The number of carbonyl (C=O) groups excluding carboxylic acids is 1. The third kappa shape index (κ3) is 3.15. The molecular formula is C23H21FN2O3S. The van der Waals surface area contributed by atoms with Gasteiger partial charge in [-0.1, -0.05) is 48.5 Å². The van der Waals surface area contributed by atoms with Gasteiger partial charge >= 0.3 is 11.1 Å². The number of anilines is 1. The van der Waals surface area contributed by atoms with E-state index in [0.29, 0.717) is 15.7 Å². The van der Waals surface area contributed by atoms with Gasteiger partial charge in [-0.05, 0) is 36.8 Å². The Balaban J connectivity index is 2.00. The van der Waals surface area contributed by atoms with Crippen molar-refractivity contribution in [3.05, 3.63) is 77.2 Å². The maximum Gasteiger partial charge on any atom is 0.342 e. The number of rotatable bonds is 4. The molecule has 2 aromatic carbocycles. The highest BCUT2D eigenvalue weighted by Crippen LogP contribution is 2.44. The number of carbonyl (C=O) groups is 1. The zero-order valence-corrected chi connectivity index (χ0v) is 17.7. The first-order chi connectivity index (χ1) is 14.5. The minimum absolute atomic E-state index is 0.185. The highest BCUT2D eigenvalue weighted by molar-refractivity contribution is 7.18. The Hall–Kier alpha value is -3.19. The normalized spacial score (nSPS) is 15.9. The van der Waals surface area contributed by atoms with Crippen molar-refractivity contribution >= 4 is 22.4 Å². The molecule has 1 aromatic heterocycles. The number of hydrogen-bond donors (Lipinski definition) is 0. The number of benzene rings is 2. The zero-order chi connectivity index (χ0) is 21.4. The van der Waals surface area contributed by atoms with Crippen molar-refractivity contribution in [1.29, 1.82) is 0 Å². The number of hydrogen-bond acceptors (Lipinski definition) is 5. The molecule has 1 aliphatic rings. The second-order valence-corrected chi connectivity index (χ2v) is 7.94. The van der Waals surface area contributed by atoms with Crippen molar-refractivity contribution in [2.45, 2.75) is 19.9 Å². The van der Waals surface area contributed by atoms with Crippen LogP contribution < -0.4 is 14.6 Å². The molecule has 0 spiro atoms. The summed E-state index contributed by atoms with van der Waals surface area (Å²) in [6.45, 7) is 3.69. The Morgan fingerprint density at radius 1 is 1.20 bits per heavy atom. The number of aromatic nitrogens is 1. The van der Waals surface area contributed by atoms with E-state index in [1.54, 1.807) is 44.0 Å². The molecule has 4 rings (SSSR count). The van der Waals surface area contributed by atoms with Crippen LogP contribution in [-0.2, 0) is 9.53 Å². The highest BCUT2D eigenvalue weighted by Gasteiger charge is 2.44. The van der Waals surface area contributed by atoms with Crippen LogP contribution in [0, 0.1) is 5.82 Å². The fourth-order valence-corrected chi connectivity index (χ4v) is 4.90. The summed E-state index contributed by atoms with van der Waals surface area (Å²) in [7, 11) is 1.79. The maximum absolute atomic E-state index is 14.9. The summed E-state index contributed by atoms with van der Waals surface area (Å²) in [5.41, 5.74) is 1.93. The highest BCUT2D eigenvalue weighted by atomic mass is 32.1. The number of nitrogens with zero attached hydrogens (tertiary/aromatic N) is 2. The summed E-state index contributed by atoms with van der Waals surface area (Å²) in [4.78, 5) is 15.2. The predicted octanol–water partition coefficient (Wildman–Crippen LogP) is 3.79. The Bertz CT molecular complexity index is 1140. The van der Waals surface area contributed by atoms with Gasteiger partial charge in [-0.3, -0.25) is 0 Å². The molecule has 0 N–H and O–H groups in total. The first kappa shape index (κ1) is 20.1. The molecule has 0 bridgehead atoms. The lowest BCUT2D eigenvalue weighted by atomic mass is 9.94. The monoisotopic (exact) mass is 424 g/mol. The molecule has 1 unspecified atom stereocenters. The molecular weight excluding hydrogens is 403 g/mol. The average Bonchev–Trinajstić information content (AvgIpc) is 3.09. The largest absolute Gasteiger partial charge is 0.841 e. The molecule has 0 radical (unpaired) electrons. The summed E-state index contributed by atoms with van der Waals surface area (Å²) in [5.74, 6) is -1.30. The van der Waals surface area contributed by atoms with Crippen LogP contribution >= 0.6 is 11.3 Å². The van der Waals surface area contributed by atoms with E-state index in [2.05, 4.69) is 0 Å². The van der Waals surface area contributed by atoms with Crippen LogP contribution in [0.3, 0.4) is 0 Å². The maximum atomic E-state index is 14.9. The SMILES string of the molecule is CCOC(=O)C1=C(C)N(C)c2sc(-c3ccccc3)c([O-])[n+]2C1c1ccccc1F. The van der Waals surface area contributed by atoms with Gasteiger partial charge in [-0.2, -0.15) is 0 Å². The van der Waals surface area contributed by atoms with E-state index in [1.165, 1.54) is 22.0 Å². The first-order valence-electron chi connectivity index (χ1n) is 9.62. The number of ether oxygens (including phenoxy) is 1. The minimum Gasteiger partial charge on any atom is -0.841 e. The molecule has 7 heteroatoms. The van der Waals surface area contributed by atoms with Gasteiger partial charge in [-0.25, -0.2) is 18.7 Å². The van der Waals surface area contributed by atoms with E-state index in [0.717, 1.165) is 5.56 Å². The number of fused-ring (bicyclic) bond motifs is 1. The minimum atomic E-state index is -0.905. The van der Waals surface area contributed by atoms with Crippen LogP contribution in [0.4, 0.5) is 9.52 Å². The smallest absolute Gasteiger partial charge is 0.342 e. The lowest BCUT2D eigenvalue weighted by molar-refractivity contribution is -0.728. The lowest BCUT2D eigenvalue weighted by Gasteiger charge is -2.29. The fourth-order valence-electron chi connectivity index (χ4n) is 3.72. The quantitative estimate of drug-likeness (QED) is 0.472. The first-order valence-corrected chi connectivity index (χ1v) is 10.4. The number of thiazole rings is 1. The van der Waals surface area contributed by atoms with Gasteiger partial charge in [-0.15, -0.1) is 0 Å². The molecule has 5 nitrogen and oxygen atoms in total. The van der Waals surface area contributed by atoms with Gasteiger partial charge in [0.1, 0.15) is 17.1 Å². The van der Waals surface area contributed by atoms with Crippen molar-refractivity contribution in [2.24, 2.45) is 0 Å². The Labute approximate surface area is 178 Å².